The van der Waals surface area contributed by atoms with Crippen LogP contribution in [-0.4, -0.2) is 38.8 Å². The smallest absolute Gasteiger partial charge is 0.319 e. The lowest BCUT2D eigenvalue weighted by Gasteiger charge is -2.11. The summed E-state index contributed by atoms with van der Waals surface area (Å²) in [6.45, 7) is 2.59. The van der Waals surface area contributed by atoms with Crippen LogP contribution >= 0.6 is 0 Å². The van der Waals surface area contributed by atoms with Gasteiger partial charge in [0.25, 0.3) is 5.91 Å². The molecule has 0 fully saturated rings. The molecule has 2 rings (SSSR count). The summed E-state index contributed by atoms with van der Waals surface area (Å²) in [6.07, 6.45) is 2.46. The average Bonchev–Trinajstić information content (AvgIpc) is 2.67. The molecule has 3 amide bonds. The molecule has 142 valence electrons. The van der Waals surface area contributed by atoms with E-state index >= 15 is 0 Å². The number of urea groups is 1. The normalized spacial score (nSPS) is 10.5. The standard InChI is InChI=1S/C20H25N5O2/c1-4-13-21-20(27)23-17-9-7-16(8-10-17)19(26)24-22-14-15-5-11-18(12-6-15)25(2)3/h5-12,14H,4,13H2,1-3H3,(H,24,26)(H2,21,23,27)/b22-14-. The number of benzene rings is 2. The van der Waals surface area contributed by atoms with Crippen molar-refractivity contribution in [3.63, 3.8) is 0 Å². The van der Waals surface area contributed by atoms with Gasteiger partial charge in [0.2, 0.25) is 0 Å². The number of nitrogens with zero attached hydrogens (tertiary/aromatic N) is 2. The van der Waals surface area contributed by atoms with Crippen LogP contribution in [0.2, 0.25) is 0 Å². The second-order valence-electron chi connectivity index (χ2n) is 6.14. The van der Waals surface area contributed by atoms with Crippen molar-refractivity contribution in [1.82, 2.24) is 10.7 Å². The van der Waals surface area contributed by atoms with Gasteiger partial charge < -0.3 is 15.5 Å². The molecule has 0 radical (unpaired) electrons. The molecule has 0 heterocycles. The van der Waals surface area contributed by atoms with Crippen LogP contribution in [0.5, 0.6) is 0 Å². The molecule has 0 aliphatic carbocycles. The van der Waals surface area contributed by atoms with Gasteiger partial charge >= 0.3 is 6.03 Å². The third-order valence-corrected chi connectivity index (χ3v) is 3.73. The minimum atomic E-state index is -0.321. The summed E-state index contributed by atoms with van der Waals surface area (Å²) in [6, 6.07) is 14.1. The molecule has 0 unspecified atom stereocenters. The molecule has 7 nitrogen and oxygen atoms in total. The first-order chi connectivity index (χ1) is 13.0. The number of carbonyl (C=O) groups excluding carboxylic acids is 2. The topological polar surface area (TPSA) is 85.8 Å². The van der Waals surface area contributed by atoms with Crippen molar-refractivity contribution in [2.24, 2.45) is 5.10 Å². The second-order valence-corrected chi connectivity index (χ2v) is 6.14. The van der Waals surface area contributed by atoms with Crippen molar-refractivity contribution in [2.45, 2.75) is 13.3 Å². The number of rotatable bonds is 7. The van der Waals surface area contributed by atoms with Gasteiger partial charge in [-0.05, 0) is 48.4 Å². The fraction of sp³-hybridized carbons (Fsp3) is 0.250. The molecule has 0 spiro atoms. The first-order valence-corrected chi connectivity index (χ1v) is 8.75. The molecule has 2 aromatic carbocycles. The summed E-state index contributed by atoms with van der Waals surface area (Å²) in [7, 11) is 3.95. The van der Waals surface area contributed by atoms with Gasteiger partial charge in [0.15, 0.2) is 0 Å². The molecule has 0 aliphatic rings. The van der Waals surface area contributed by atoms with E-state index in [2.05, 4.69) is 21.2 Å². The Bertz CT molecular complexity index is 783. The molecule has 0 aliphatic heterocycles. The molecule has 7 heteroatoms. The van der Waals surface area contributed by atoms with Crippen molar-refractivity contribution in [3.8, 4) is 0 Å². The van der Waals surface area contributed by atoms with Crippen molar-refractivity contribution >= 4 is 29.5 Å². The molecule has 0 saturated carbocycles. The van der Waals surface area contributed by atoms with Gasteiger partial charge in [0.1, 0.15) is 0 Å². The van der Waals surface area contributed by atoms with Crippen LogP contribution in [0.25, 0.3) is 0 Å². The second kappa shape index (κ2) is 9.96. The molecule has 27 heavy (non-hydrogen) atoms. The highest BCUT2D eigenvalue weighted by Crippen LogP contribution is 2.11. The summed E-state index contributed by atoms with van der Waals surface area (Å²) in [5, 5.41) is 9.40. The summed E-state index contributed by atoms with van der Waals surface area (Å²) in [4.78, 5) is 25.7. The van der Waals surface area contributed by atoms with Gasteiger partial charge in [-0.2, -0.15) is 5.10 Å². The van der Waals surface area contributed by atoms with Crippen LogP contribution in [0.1, 0.15) is 29.3 Å². The van der Waals surface area contributed by atoms with Crippen LogP contribution in [-0.2, 0) is 0 Å². The predicted octanol–water partition coefficient (Wildman–Crippen LogP) is 3.05. The SMILES string of the molecule is CCCNC(=O)Nc1ccc(C(=O)N/N=C\c2ccc(N(C)C)cc2)cc1. The minimum Gasteiger partial charge on any atom is -0.378 e. The molecule has 3 N–H and O–H groups in total. The molecule has 0 atom stereocenters. The number of anilines is 2. The van der Waals surface area contributed by atoms with Crippen molar-refractivity contribution in [2.75, 3.05) is 30.9 Å². The predicted molar refractivity (Wildman–Crippen MR) is 110 cm³/mol. The summed E-state index contributed by atoms with van der Waals surface area (Å²) < 4.78 is 0. The van der Waals surface area contributed by atoms with E-state index in [4.69, 9.17) is 0 Å². The molecular formula is C20H25N5O2. The van der Waals surface area contributed by atoms with Crippen molar-refractivity contribution in [3.05, 3.63) is 59.7 Å². The fourth-order valence-electron chi connectivity index (χ4n) is 2.21. The molecule has 0 saturated heterocycles. The Hall–Kier alpha value is -3.35. The highest BCUT2D eigenvalue weighted by molar-refractivity contribution is 5.96. The van der Waals surface area contributed by atoms with Gasteiger partial charge in [-0.1, -0.05) is 19.1 Å². The van der Waals surface area contributed by atoms with Crippen molar-refractivity contribution < 1.29 is 9.59 Å². The summed E-state index contributed by atoms with van der Waals surface area (Å²) in [5.74, 6) is -0.321. The zero-order chi connectivity index (χ0) is 19.6. The first-order valence-electron chi connectivity index (χ1n) is 8.75. The molecule has 0 bridgehead atoms. The maximum absolute atomic E-state index is 12.1. The third-order valence-electron chi connectivity index (χ3n) is 3.73. The number of carbonyl (C=O) groups is 2. The van der Waals surface area contributed by atoms with Gasteiger partial charge in [-0.15, -0.1) is 0 Å². The minimum absolute atomic E-state index is 0.265. The quantitative estimate of drug-likeness (QED) is 0.519. The Kier molecular flexibility index (Phi) is 7.37. The third kappa shape index (κ3) is 6.47. The Labute approximate surface area is 159 Å². The van der Waals surface area contributed by atoms with E-state index in [-0.39, 0.29) is 11.9 Å². The van der Waals surface area contributed by atoms with E-state index in [0.29, 0.717) is 17.8 Å². The Morgan fingerprint density at radius 2 is 1.70 bits per heavy atom. The zero-order valence-corrected chi connectivity index (χ0v) is 15.8. The number of hydrogen-bond acceptors (Lipinski definition) is 4. The Morgan fingerprint density at radius 1 is 1.04 bits per heavy atom. The van der Waals surface area contributed by atoms with E-state index in [0.717, 1.165) is 17.7 Å². The monoisotopic (exact) mass is 367 g/mol. The van der Waals surface area contributed by atoms with E-state index in [9.17, 15) is 9.59 Å². The van der Waals surface area contributed by atoms with E-state index in [1.807, 2.05) is 50.2 Å². The lowest BCUT2D eigenvalue weighted by molar-refractivity contribution is 0.0955. The zero-order valence-electron chi connectivity index (χ0n) is 15.8. The lowest BCUT2D eigenvalue weighted by Crippen LogP contribution is -2.29. The van der Waals surface area contributed by atoms with Gasteiger partial charge in [-0.25, -0.2) is 10.2 Å². The summed E-state index contributed by atoms with van der Waals surface area (Å²) in [5.41, 5.74) is 5.54. The average molecular weight is 367 g/mol. The van der Waals surface area contributed by atoms with Crippen LogP contribution in [0.15, 0.2) is 53.6 Å². The maximum atomic E-state index is 12.1. The van der Waals surface area contributed by atoms with Gasteiger partial charge in [0.05, 0.1) is 6.21 Å². The first kappa shape index (κ1) is 20.0. The number of amides is 3. The molecular weight excluding hydrogens is 342 g/mol. The molecule has 2 aromatic rings. The van der Waals surface area contributed by atoms with Crippen LogP contribution in [0, 0.1) is 0 Å². The number of hydrogen-bond donors (Lipinski definition) is 3. The van der Waals surface area contributed by atoms with Gasteiger partial charge in [-0.3, -0.25) is 4.79 Å². The van der Waals surface area contributed by atoms with Gasteiger partial charge in [0, 0.05) is 37.6 Å². The lowest BCUT2D eigenvalue weighted by atomic mass is 10.2. The molecule has 0 aromatic heterocycles. The summed E-state index contributed by atoms with van der Waals surface area (Å²) >= 11 is 0. The van der Waals surface area contributed by atoms with Crippen LogP contribution in [0.3, 0.4) is 0 Å². The Morgan fingerprint density at radius 3 is 2.30 bits per heavy atom. The van der Waals surface area contributed by atoms with E-state index < -0.39 is 0 Å². The van der Waals surface area contributed by atoms with E-state index in [1.54, 1.807) is 30.5 Å². The van der Waals surface area contributed by atoms with Crippen LogP contribution in [0.4, 0.5) is 16.2 Å². The highest BCUT2D eigenvalue weighted by atomic mass is 16.2. The highest BCUT2D eigenvalue weighted by Gasteiger charge is 2.05. The number of nitrogens with one attached hydrogen (secondary N) is 3. The fourth-order valence-corrected chi connectivity index (χ4v) is 2.21. The largest absolute Gasteiger partial charge is 0.378 e. The Balaban J connectivity index is 1.87. The maximum Gasteiger partial charge on any atom is 0.319 e. The van der Waals surface area contributed by atoms with Crippen LogP contribution < -0.4 is 21.0 Å². The number of hydrazone groups is 1. The van der Waals surface area contributed by atoms with E-state index in [1.165, 1.54) is 0 Å². The van der Waals surface area contributed by atoms with Crippen molar-refractivity contribution in [1.29, 1.82) is 0 Å².